The molecule has 36 heavy (non-hydrogen) atoms. The normalized spacial score (nSPS) is 19.1. The first-order valence-electron chi connectivity index (χ1n) is 12.7. The lowest BCUT2D eigenvalue weighted by Crippen LogP contribution is -2.50. The second-order valence-corrected chi connectivity index (χ2v) is 9.56. The number of nitrogens with zero attached hydrogens (tertiary/aromatic N) is 3. The van der Waals surface area contributed by atoms with Crippen LogP contribution < -0.4 is 9.47 Å². The average molecular weight is 482 g/mol. The maximum Gasteiger partial charge on any atom is 0.128 e. The molecule has 0 saturated carbocycles. The number of hydrogen-bond acceptors (Lipinski definition) is 6. The van der Waals surface area contributed by atoms with Crippen LogP contribution in [-0.2, 0) is 6.61 Å². The summed E-state index contributed by atoms with van der Waals surface area (Å²) in [7, 11) is 0. The highest BCUT2D eigenvalue weighted by Crippen LogP contribution is 2.39. The van der Waals surface area contributed by atoms with E-state index < -0.39 is 6.10 Å². The first-order chi connectivity index (χ1) is 17.8. The Bertz CT molecular complexity index is 1280. The smallest absolute Gasteiger partial charge is 0.128 e. The van der Waals surface area contributed by atoms with Crippen molar-refractivity contribution in [2.24, 2.45) is 0 Å². The van der Waals surface area contributed by atoms with Gasteiger partial charge in [-0.15, -0.1) is 0 Å². The minimum Gasteiger partial charge on any atom is -0.490 e. The number of para-hydroxylation sites is 1. The summed E-state index contributed by atoms with van der Waals surface area (Å²) in [5.74, 6) is 1.73. The summed E-state index contributed by atoms with van der Waals surface area (Å²) in [6.45, 7) is 5.11. The number of aliphatic hydroxyl groups is 1. The molecule has 2 unspecified atom stereocenters. The molecular formula is C30H31N3O3. The number of piperazine rings is 1. The largest absolute Gasteiger partial charge is 0.490 e. The molecule has 1 N–H and O–H groups in total. The van der Waals surface area contributed by atoms with Gasteiger partial charge in [-0.1, -0.05) is 48.5 Å². The molecule has 1 aromatic heterocycles. The molecule has 3 heterocycles. The Balaban J connectivity index is 1.10. The van der Waals surface area contributed by atoms with Crippen LogP contribution in [0.15, 0.2) is 85.1 Å². The van der Waals surface area contributed by atoms with Gasteiger partial charge < -0.3 is 14.6 Å². The Hall–Kier alpha value is -3.45. The van der Waals surface area contributed by atoms with Gasteiger partial charge in [0.2, 0.25) is 0 Å². The predicted molar refractivity (Wildman–Crippen MR) is 140 cm³/mol. The standard InChI is InChI=1S/C30H31N3O3/c34-23(21-36-28-13-5-11-27-25(28)10-6-14-31-27)19-32-15-17-33(18-16-32)30-24-8-2-1-7-22(24)20-35-29-12-4-3-9-26(29)30/h1-14,23,30,34H,15-21H2. The van der Waals surface area contributed by atoms with Crippen molar-refractivity contribution in [3.8, 4) is 11.5 Å². The van der Waals surface area contributed by atoms with Gasteiger partial charge >= 0.3 is 0 Å². The molecule has 0 aliphatic carbocycles. The summed E-state index contributed by atoms with van der Waals surface area (Å²) in [5, 5.41) is 11.7. The van der Waals surface area contributed by atoms with Crippen molar-refractivity contribution in [3.05, 3.63) is 102 Å². The number of aromatic nitrogens is 1. The second-order valence-electron chi connectivity index (χ2n) is 9.56. The van der Waals surface area contributed by atoms with Gasteiger partial charge in [-0.3, -0.25) is 14.8 Å². The molecule has 2 aliphatic rings. The first-order valence-corrected chi connectivity index (χ1v) is 12.7. The number of pyridine rings is 1. The van der Waals surface area contributed by atoms with Crippen LogP contribution >= 0.6 is 0 Å². The van der Waals surface area contributed by atoms with Crippen molar-refractivity contribution in [3.63, 3.8) is 0 Å². The van der Waals surface area contributed by atoms with E-state index in [0.29, 0.717) is 13.2 Å². The number of β-amino-alcohol motifs (C(OH)–C–C–N with tert-alkyl or cyclic N) is 1. The van der Waals surface area contributed by atoms with Crippen LogP contribution in [0, 0.1) is 0 Å². The van der Waals surface area contributed by atoms with Crippen LogP contribution in [-0.4, -0.2) is 65.3 Å². The quantitative estimate of drug-likeness (QED) is 0.444. The van der Waals surface area contributed by atoms with Crippen LogP contribution in [0.3, 0.4) is 0 Å². The predicted octanol–water partition coefficient (Wildman–Crippen LogP) is 4.27. The zero-order valence-electron chi connectivity index (χ0n) is 20.3. The van der Waals surface area contributed by atoms with Gasteiger partial charge in [0.05, 0.1) is 11.6 Å². The summed E-state index contributed by atoms with van der Waals surface area (Å²) >= 11 is 0. The molecule has 1 saturated heterocycles. The van der Waals surface area contributed by atoms with E-state index in [1.54, 1.807) is 6.20 Å². The van der Waals surface area contributed by atoms with Gasteiger partial charge in [-0.05, 0) is 41.5 Å². The lowest BCUT2D eigenvalue weighted by molar-refractivity contribution is 0.0403. The van der Waals surface area contributed by atoms with Gasteiger partial charge in [-0.25, -0.2) is 0 Å². The number of fused-ring (bicyclic) bond motifs is 3. The van der Waals surface area contributed by atoms with Crippen molar-refractivity contribution in [1.29, 1.82) is 0 Å². The maximum absolute atomic E-state index is 10.7. The SMILES string of the molecule is OC(COc1cccc2ncccc12)CN1CCN(C2c3ccccc3COc3ccccc32)CC1. The van der Waals surface area contributed by atoms with Crippen molar-refractivity contribution in [1.82, 2.24) is 14.8 Å². The molecule has 2 atom stereocenters. The summed E-state index contributed by atoms with van der Waals surface area (Å²) in [4.78, 5) is 9.26. The fourth-order valence-corrected chi connectivity index (χ4v) is 5.43. The molecule has 4 aromatic rings. The van der Waals surface area contributed by atoms with E-state index in [-0.39, 0.29) is 12.6 Å². The number of hydrogen-bond donors (Lipinski definition) is 1. The molecule has 0 spiro atoms. The van der Waals surface area contributed by atoms with Crippen LogP contribution in [0.25, 0.3) is 10.9 Å². The van der Waals surface area contributed by atoms with Crippen molar-refractivity contribution >= 4 is 10.9 Å². The number of aliphatic hydroxyl groups excluding tert-OH is 1. The molecule has 0 amide bonds. The minimum absolute atomic E-state index is 0.176. The van der Waals surface area contributed by atoms with Gasteiger partial charge in [0.25, 0.3) is 0 Å². The van der Waals surface area contributed by atoms with E-state index >= 15 is 0 Å². The summed E-state index contributed by atoms with van der Waals surface area (Å²) in [6.07, 6.45) is 1.22. The molecule has 184 valence electrons. The van der Waals surface area contributed by atoms with Crippen LogP contribution in [0.1, 0.15) is 22.7 Å². The zero-order valence-corrected chi connectivity index (χ0v) is 20.3. The molecule has 0 bridgehead atoms. The monoisotopic (exact) mass is 481 g/mol. The minimum atomic E-state index is -0.559. The molecule has 6 heteroatoms. The third-order valence-electron chi connectivity index (χ3n) is 7.22. The van der Waals surface area contributed by atoms with E-state index in [2.05, 4.69) is 57.2 Å². The van der Waals surface area contributed by atoms with Gasteiger partial charge in [0, 0.05) is 49.9 Å². The Morgan fingerprint density at radius 1 is 0.889 bits per heavy atom. The van der Waals surface area contributed by atoms with Crippen molar-refractivity contribution < 1.29 is 14.6 Å². The summed E-state index contributed by atoms with van der Waals surface area (Å²) in [6, 6.07) is 26.9. The average Bonchev–Trinajstić information content (AvgIpc) is 3.09. The van der Waals surface area contributed by atoms with Gasteiger partial charge in [0.15, 0.2) is 0 Å². The van der Waals surface area contributed by atoms with Crippen LogP contribution in [0.5, 0.6) is 11.5 Å². The van der Waals surface area contributed by atoms with E-state index in [9.17, 15) is 5.11 Å². The maximum atomic E-state index is 10.7. The summed E-state index contributed by atoms with van der Waals surface area (Å²) < 4.78 is 12.2. The Morgan fingerprint density at radius 2 is 1.69 bits per heavy atom. The number of benzene rings is 3. The molecule has 1 fully saturated rings. The third-order valence-corrected chi connectivity index (χ3v) is 7.22. The highest BCUT2D eigenvalue weighted by Gasteiger charge is 2.32. The second kappa shape index (κ2) is 10.3. The van der Waals surface area contributed by atoms with Gasteiger partial charge in [-0.2, -0.15) is 0 Å². The van der Waals surface area contributed by atoms with E-state index in [4.69, 9.17) is 9.47 Å². The van der Waals surface area contributed by atoms with Gasteiger partial charge in [0.1, 0.15) is 30.8 Å². The Labute approximate surface area is 211 Å². The van der Waals surface area contributed by atoms with E-state index in [0.717, 1.165) is 48.6 Å². The molecule has 0 radical (unpaired) electrons. The Kier molecular flexibility index (Phi) is 6.55. The molecule has 3 aromatic carbocycles. The first kappa shape index (κ1) is 23.0. The van der Waals surface area contributed by atoms with Crippen LogP contribution in [0.4, 0.5) is 0 Å². The summed E-state index contributed by atoms with van der Waals surface area (Å²) in [5.41, 5.74) is 4.70. The van der Waals surface area contributed by atoms with E-state index in [1.807, 2.05) is 36.4 Å². The topological polar surface area (TPSA) is 58.1 Å². The number of rotatable bonds is 6. The molecule has 6 rings (SSSR count). The highest BCUT2D eigenvalue weighted by molar-refractivity contribution is 5.84. The van der Waals surface area contributed by atoms with Crippen LogP contribution in [0.2, 0.25) is 0 Å². The van der Waals surface area contributed by atoms with E-state index in [1.165, 1.54) is 16.7 Å². The Morgan fingerprint density at radius 3 is 2.58 bits per heavy atom. The molecule has 6 nitrogen and oxygen atoms in total. The zero-order chi connectivity index (χ0) is 24.3. The third kappa shape index (κ3) is 4.67. The fraction of sp³-hybridized carbons (Fsp3) is 0.300. The lowest BCUT2D eigenvalue weighted by Gasteiger charge is -2.40. The highest BCUT2D eigenvalue weighted by atomic mass is 16.5. The molecular weight excluding hydrogens is 450 g/mol. The lowest BCUT2D eigenvalue weighted by atomic mass is 9.93. The number of ether oxygens (including phenoxy) is 2. The van der Waals surface area contributed by atoms with Crippen molar-refractivity contribution in [2.45, 2.75) is 18.8 Å². The molecule has 2 aliphatic heterocycles. The fourth-order valence-electron chi connectivity index (χ4n) is 5.43. The van der Waals surface area contributed by atoms with Crippen molar-refractivity contribution in [2.75, 3.05) is 39.3 Å².